The Morgan fingerprint density at radius 1 is 0.789 bits per heavy atom. The van der Waals surface area contributed by atoms with Crippen LogP contribution in [0.25, 0.3) is 0 Å². The van der Waals surface area contributed by atoms with Crippen LogP contribution in [-0.4, -0.2) is 66.6 Å². The van der Waals surface area contributed by atoms with E-state index in [1.54, 1.807) is 14.2 Å². The van der Waals surface area contributed by atoms with Crippen molar-refractivity contribution in [2.75, 3.05) is 60.5 Å². The van der Waals surface area contributed by atoms with Crippen LogP contribution in [0.1, 0.15) is 20.8 Å². The predicted molar refractivity (Wildman–Crippen MR) is 74.6 cm³/mol. The fraction of sp³-hybridized carbons (Fsp3) is 1.00. The molecule has 0 atom stereocenters. The number of methoxy groups -OCH3 is 2. The van der Waals surface area contributed by atoms with Gasteiger partial charge in [0.05, 0.1) is 46.2 Å². The molecule has 0 spiro atoms. The average molecular weight is 278 g/mol. The molecule has 0 aromatic rings. The van der Waals surface area contributed by atoms with Crippen LogP contribution in [-0.2, 0) is 23.7 Å². The van der Waals surface area contributed by atoms with E-state index in [1.165, 1.54) is 0 Å². The summed E-state index contributed by atoms with van der Waals surface area (Å²) in [6.45, 7) is 10.5. The Morgan fingerprint density at radius 3 is 1.63 bits per heavy atom. The summed E-state index contributed by atoms with van der Waals surface area (Å²) in [6.07, 6.45) is -0.0482. The van der Waals surface area contributed by atoms with Crippen LogP contribution in [0.3, 0.4) is 0 Å². The van der Waals surface area contributed by atoms with Crippen LogP contribution in [0.15, 0.2) is 0 Å². The van der Waals surface area contributed by atoms with Gasteiger partial charge in [-0.15, -0.1) is 0 Å². The van der Waals surface area contributed by atoms with Crippen LogP contribution >= 0.6 is 0 Å². The fourth-order valence-corrected chi connectivity index (χ4v) is 1.23. The molecule has 0 aromatic carbocycles. The molecule has 0 unspecified atom stereocenters. The monoisotopic (exact) mass is 278 g/mol. The zero-order chi connectivity index (χ0) is 14.6. The first kappa shape index (κ1) is 18.8. The molecular weight excluding hydrogens is 248 g/mol. The maximum absolute atomic E-state index is 5.84. The van der Waals surface area contributed by atoms with Gasteiger partial charge >= 0.3 is 0 Å². The molecule has 0 radical (unpaired) electrons. The molecule has 0 fully saturated rings. The molecule has 0 bridgehead atoms. The summed E-state index contributed by atoms with van der Waals surface area (Å²) in [5, 5.41) is 0. The smallest absolute Gasteiger partial charge is 0.104 e. The van der Waals surface area contributed by atoms with E-state index in [9.17, 15) is 0 Å². The molecule has 5 nitrogen and oxygen atoms in total. The lowest BCUT2D eigenvalue weighted by molar-refractivity contribution is -0.0849. The van der Waals surface area contributed by atoms with Crippen LogP contribution < -0.4 is 0 Å². The second kappa shape index (κ2) is 11.6. The summed E-state index contributed by atoms with van der Waals surface area (Å²) in [4.78, 5) is 0. The highest BCUT2D eigenvalue weighted by molar-refractivity contribution is 4.63. The normalized spacial score (nSPS) is 12.3. The first-order valence-corrected chi connectivity index (χ1v) is 6.74. The number of hydrogen-bond acceptors (Lipinski definition) is 5. The van der Waals surface area contributed by atoms with Crippen molar-refractivity contribution in [3.05, 3.63) is 0 Å². The van der Waals surface area contributed by atoms with E-state index in [2.05, 4.69) is 20.8 Å². The Morgan fingerprint density at radius 2 is 1.26 bits per heavy atom. The van der Waals surface area contributed by atoms with E-state index >= 15 is 0 Å². The van der Waals surface area contributed by atoms with Crippen molar-refractivity contribution in [3.63, 3.8) is 0 Å². The molecule has 0 aromatic heterocycles. The molecule has 0 amide bonds. The third-order valence-electron chi connectivity index (χ3n) is 2.22. The molecule has 0 rings (SSSR count). The van der Waals surface area contributed by atoms with Crippen molar-refractivity contribution in [2.45, 2.75) is 26.9 Å². The van der Waals surface area contributed by atoms with E-state index in [0.29, 0.717) is 46.2 Å². The van der Waals surface area contributed by atoms with E-state index in [4.69, 9.17) is 23.7 Å². The highest BCUT2D eigenvalue weighted by atomic mass is 16.6. The molecule has 0 saturated heterocycles. The topological polar surface area (TPSA) is 46.2 Å². The van der Waals surface area contributed by atoms with Crippen molar-refractivity contribution in [2.24, 2.45) is 5.41 Å². The molecular formula is C14H30O5. The van der Waals surface area contributed by atoms with E-state index in [1.807, 2.05) is 0 Å². The summed E-state index contributed by atoms with van der Waals surface area (Å²) >= 11 is 0. The first-order chi connectivity index (χ1) is 8.99. The molecule has 0 N–H and O–H groups in total. The maximum atomic E-state index is 5.84. The lowest BCUT2D eigenvalue weighted by atomic mass is 9.98. The maximum Gasteiger partial charge on any atom is 0.104 e. The van der Waals surface area contributed by atoms with Gasteiger partial charge in [0.25, 0.3) is 0 Å². The largest absolute Gasteiger partial charge is 0.382 e. The summed E-state index contributed by atoms with van der Waals surface area (Å²) in [5.41, 5.74) is 0.136. The summed E-state index contributed by atoms with van der Waals surface area (Å²) in [5.74, 6) is 0. The predicted octanol–water partition coefficient (Wildman–Crippen LogP) is 1.74. The fourth-order valence-electron chi connectivity index (χ4n) is 1.23. The summed E-state index contributed by atoms with van der Waals surface area (Å²) in [6, 6.07) is 0. The minimum Gasteiger partial charge on any atom is -0.382 e. The van der Waals surface area contributed by atoms with Gasteiger partial charge in [0.15, 0.2) is 0 Å². The molecule has 0 aliphatic carbocycles. The Bertz CT molecular complexity index is 179. The summed E-state index contributed by atoms with van der Waals surface area (Å²) < 4.78 is 26.7. The van der Waals surface area contributed by atoms with E-state index in [-0.39, 0.29) is 11.5 Å². The van der Waals surface area contributed by atoms with Gasteiger partial charge in [0, 0.05) is 14.2 Å². The lowest BCUT2D eigenvalue weighted by Crippen LogP contribution is -2.30. The van der Waals surface area contributed by atoms with Gasteiger partial charge < -0.3 is 23.7 Å². The van der Waals surface area contributed by atoms with Gasteiger partial charge in [-0.1, -0.05) is 20.8 Å². The second-order valence-corrected chi connectivity index (χ2v) is 5.63. The van der Waals surface area contributed by atoms with Crippen molar-refractivity contribution >= 4 is 0 Å². The number of ether oxygens (including phenoxy) is 5. The standard InChI is InChI=1S/C14H30O5/c1-14(2,3)12-19-13(10-17-8-6-15-4)11-18-9-7-16-5/h13H,6-12H2,1-5H3. The Hall–Kier alpha value is -0.200. The zero-order valence-electron chi connectivity index (χ0n) is 13.1. The molecule has 19 heavy (non-hydrogen) atoms. The van der Waals surface area contributed by atoms with Gasteiger partial charge in [0.2, 0.25) is 0 Å². The van der Waals surface area contributed by atoms with Crippen molar-refractivity contribution in [1.29, 1.82) is 0 Å². The van der Waals surface area contributed by atoms with Gasteiger partial charge in [-0.05, 0) is 5.41 Å². The molecule has 0 heterocycles. The van der Waals surface area contributed by atoms with Crippen molar-refractivity contribution < 1.29 is 23.7 Å². The summed E-state index contributed by atoms with van der Waals surface area (Å²) in [7, 11) is 3.32. The van der Waals surface area contributed by atoms with Crippen LogP contribution in [0.4, 0.5) is 0 Å². The van der Waals surface area contributed by atoms with E-state index < -0.39 is 0 Å². The lowest BCUT2D eigenvalue weighted by Gasteiger charge is -2.24. The Kier molecular flexibility index (Phi) is 11.5. The Labute approximate surface area is 117 Å². The molecule has 116 valence electrons. The van der Waals surface area contributed by atoms with Crippen LogP contribution in [0, 0.1) is 5.41 Å². The molecule has 5 heteroatoms. The van der Waals surface area contributed by atoms with E-state index in [0.717, 1.165) is 0 Å². The minimum absolute atomic E-state index is 0.0482. The number of hydrogen-bond donors (Lipinski definition) is 0. The molecule has 0 aliphatic heterocycles. The van der Waals surface area contributed by atoms with Gasteiger partial charge in [-0.25, -0.2) is 0 Å². The van der Waals surface area contributed by atoms with Crippen LogP contribution in [0.5, 0.6) is 0 Å². The molecule has 0 aliphatic rings. The minimum atomic E-state index is -0.0482. The third-order valence-corrected chi connectivity index (χ3v) is 2.22. The zero-order valence-corrected chi connectivity index (χ0v) is 13.1. The first-order valence-electron chi connectivity index (χ1n) is 6.74. The molecule has 0 saturated carbocycles. The van der Waals surface area contributed by atoms with Gasteiger partial charge in [-0.2, -0.15) is 0 Å². The van der Waals surface area contributed by atoms with Crippen molar-refractivity contribution in [1.82, 2.24) is 0 Å². The highest BCUT2D eigenvalue weighted by Gasteiger charge is 2.16. The average Bonchev–Trinajstić information content (AvgIpc) is 2.34. The Balaban J connectivity index is 3.85. The SMILES string of the molecule is COCCOCC(COCCOC)OCC(C)(C)C. The third kappa shape index (κ3) is 14.0. The van der Waals surface area contributed by atoms with Crippen molar-refractivity contribution in [3.8, 4) is 0 Å². The number of rotatable bonds is 12. The van der Waals surface area contributed by atoms with Gasteiger partial charge in [-0.3, -0.25) is 0 Å². The highest BCUT2D eigenvalue weighted by Crippen LogP contribution is 2.14. The van der Waals surface area contributed by atoms with Gasteiger partial charge in [0.1, 0.15) is 6.10 Å². The second-order valence-electron chi connectivity index (χ2n) is 5.63. The van der Waals surface area contributed by atoms with Crippen LogP contribution in [0.2, 0.25) is 0 Å². The quantitative estimate of drug-likeness (QED) is 0.509.